The largest absolute Gasteiger partial charge is 0.464 e. The zero-order valence-corrected chi connectivity index (χ0v) is 16.1. The smallest absolute Gasteiger partial charge is 0.322 e. The van der Waals surface area contributed by atoms with Crippen molar-refractivity contribution in [3.8, 4) is 0 Å². The number of rotatable bonds is 7. The molecule has 1 aromatic rings. The maximum atomic E-state index is 12.0. The predicted molar refractivity (Wildman–Crippen MR) is 101 cm³/mol. The molecule has 0 spiro atoms. The number of carbonyl (C=O) groups is 1. The summed E-state index contributed by atoms with van der Waals surface area (Å²) in [6.07, 6.45) is 3.67. The Balaban J connectivity index is 2.22. The summed E-state index contributed by atoms with van der Waals surface area (Å²) in [6, 6.07) is 5.78. The van der Waals surface area contributed by atoms with Gasteiger partial charge >= 0.3 is 5.97 Å². The molecule has 0 aliphatic carbocycles. The zero-order chi connectivity index (χ0) is 15.7. The van der Waals surface area contributed by atoms with E-state index in [1.165, 1.54) is 23.5 Å². The van der Waals surface area contributed by atoms with Gasteiger partial charge in [-0.3, -0.25) is 4.79 Å². The van der Waals surface area contributed by atoms with Crippen LogP contribution in [0.3, 0.4) is 0 Å². The third kappa shape index (κ3) is 7.78. The minimum absolute atomic E-state index is 0.229. The number of carbonyl (C=O) groups excluding carboxylic acids is 1. The number of hydrogen-bond donors (Lipinski definition) is 0. The lowest BCUT2D eigenvalue weighted by Gasteiger charge is -2.21. The van der Waals surface area contributed by atoms with E-state index in [9.17, 15) is 4.79 Å². The van der Waals surface area contributed by atoms with Crippen molar-refractivity contribution >= 4 is 66.8 Å². The van der Waals surface area contributed by atoms with Gasteiger partial charge in [-0.05, 0) is 43.0 Å². The van der Waals surface area contributed by atoms with Crippen LogP contribution < -0.4 is 0 Å². The van der Waals surface area contributed by atoms with Gasteiger partial charge < -0.3 is 4.74 Å². The normalized spacial score (nSPS) is 11.2. The van der Waals surface area contributed by atoms with Crippen LogP contribution in [-0.2, 0) is 9.53 Å². The van der Waals surface area contributed by atoms with Crippen molar-refractivity contribution in [1.82, 2.24) is 4.98 Å². The number of thioether (sulfide) groups is 2. The van der Waals surface area contributed by atoms with Gasteiger partial charge in [-0.15, -0.1) is 11.8 Å². The summed E-state index contributed by atoms with van der Waals surface area (Å²) >= 11 is 7.97. The predicted octanol–water partition coefficient (Wildman–Crippen LogP) is 4.52. The Morgan fingerprint density at radius 2 is 2.19 bits per heavy atom. The number of hydrogen-bond acceptors (Lipinski definition) is 8. The summed E-state index contributed by atoms with van der Waals surface area (Å²) in [6.45, 7) is 4.05. The average Bonchev–Trinajstić information content (AvgIpc) is 2.47. The van der Waals surface area contributed by atoms with Crippen LogP contribution in [0.4, 0.5) is 0 Å². The van der Waals surface area contributed by atoms with Crippen LogP contribution >= 0.6 is 57.3 Å². The third-order valence-corrected chi connectivity index (χ3v) is 7.08. The van der Waals surface area contributed by atoms with Gasteiger partial charge in [-0.25, -0.2) is 4.98 Å². The van der Waals surface area contributed by atoms with Gasteiger partial charge in [0.2, 0.25) is 0 Å². The summed E-state index contributed by atoms with van der Waals surface area (Å²) in [4.78, 5) is 16.2. The van der Waals surface area contributed by atoms with Crippen LogP contribution in [0.15, 0.2) is 29.4 Å². The maximum absolute atomic E-state index is 12.0. The second-order valence-corrected chi connectivity index (χ2v) is 10.3. The molecule has 0 aliphatic heterocycles. The Labute approximate surface area is 147 Å². The number of thiocarbonyl (C=S) groups is 1. The van der Waals surface area contributed by atoms with Crippen LogP contribution in [-0.4, -0.2) is 37.8 Å². The van der Waals surface area contributed by atoms with Gasteiger partial charge in [0.1, 0.15) is 19.9 Å². The van der Waals surface area contributed by atoms with Gasteiger partial charge in [0.25, 0.3) is 0 Å². The molecule has 0 atom stereocenters. The number of pyridine rings is 1. The molecule has 8 heteroatoms. The summed E-state index contributed by atoms with van der Waals surface area (Å²) in [5.74, 6) is 0.494. The van der Waals surface area contributed by atoms with Gasteiger partial charge in [0.15, 0.2) is 0 Å². The molecule has 1 aromatic heterocycles. The van der Waals surface area contributed by atoms with Crippen LogP contribution in [0.25, 0.3) is 0 Å². The number of nitrogens with zero attached hydrogens (tertiary/aromatic N) is 1. The highest BCUT2D eigenvalue weighted by Gasteiger charge is 2.31. The lowest BCUT2D eigenvalue weighted by atomic mass is 10.2. The highest BCUT2D eigenvalue weighted by molar-refractivity contribution is 8.76. The van der Waals surface area contributed by atoms with E-state index in [1.54, 1.807) is 27.8 Å². The van der Waals surface area contributed by atoms with E-state index in [0.29, 0.717) is 6.61 Å². The standard InChI is InChI=1S/C13H17NO2S5/c1-13(2,20-12(17)18-3)11(15)16-8-9-19-21-10-6-4-5-7-14-10/h4-7H,8-9H2,1-3H3. The molecule has 0 unspecified atom stereocenters. The molecular formula is C13H17NO2S5. The van der Waals surface area contributed by atoms with Gasteiger partial charge in [-0.2, -0.15) is 0 Å². The summed E-state index contributed by atoms with van der Waals surface area (Å²) in [5.41, 5.74) is 0. The lowest BCUT2D eigenvalue weighted by molar-refractivity contribution is -0.144. The fourth-order valence-electron chi connectivity index (χ4n) is 1.13. The van der Waals surface area contributed by atoms with Crippen molar-refractivity contribution in [3.63, 3.8) is 0 Å². The van der Waals surface area contributed by atoms with Crippen molar-refractivity contribution in [2.75, 3.05) is 18.6 Å². The molecule has 0 radical (unpaired) electrons. The molecule has 1 heterocycles. The second-order valence-electron chi connectivity index (χ2n) is 4.28. The summed E-state index contributed by atoms with van der Waals surface area (Å²) < 4.78 is 5.41. The van der Waals surface area contributed by atoms with Gasteiger partial charge in [0, 0.05) is 11.9 Å². The molecule has 0 amide bonds. The van der Waals surface area contributed by atoms with Crippen molar-refractivity contribution in [2.24, 2.45) is 0 Å². The van der Waals surface area contributed by atoms with Crippen molar-refractivity contribution in [2.45, 2.75) is 23.6 Å². The quantitative estimate of drug-likeness (QED) is 0.296. The van der Waals surface area contributed by atoms with E-state index in [4.69, 9.17) is 17.0 Å². The van der Waals surface area contributed by atoms with E-state index in [2.05, 4.69) is 4.98 Å². The first kappa shape index (κ1) is 19.2. The summed E-state index contributed by atoms with van der Waals surface area (Å²) in [5, 5.41) is 0.954. The number of ether oxygens (including phenoxy) is 1. The molecule has 3 nitrogen and oxygen atoms in total. The highest BCUT2D eigenvalue weighted by Crippen LogP contribution is 2.32. The molecule has 0 N–H and O–H groups in total. The Bertz CT molecular complexity index is 467. The van der Waals surface area contributed by atoms with Crippen molar-refractivity contribution in [3.05, 3.63) is 24.4 Å². The monoisotopic (exact) mass is 379 g/mol. The van der Waals surface area contributed by atoms with Crippen molar-refractivity contribution < 1.29 is 9.53 Å². The first-order valence-corrected chi connectivity index (χ1v) is 10.9. The van der Waals surface area contributed by atoms with E-state index in [-0.39, 0.29) is 5.97 Å². The van der Waals surface area contributed by atoms with E-state index >= 15 is 0 Å². The molecule has 0 aliphatic rings. The molecular weight excluding hydrogens is 362 g/mol. The molecule has 1 rings (SSSR count). The zero-order valence-electron chi connectivity index (χ0n) is 12.0. The van der Waals surface area contributed by atoms with Crippen LogP contribution in [0.5, 0.6) is 0 Å². The minimum atomic E-state index is -0.640. The summed E-state index contributed by atoms with van der Waals surface area (Å²) in [7, 11) is 3.20. The van der Waals surface area contributed by atoms with E-state index in [0.717, 1.165) is 14.3 Å². The lowest BCUT2D eigenvalue weighted by Crippen LogP contribution is -2.31. The van der Waals surface area contributed by atoms with Crippen LogP contribution in [0.2, 0.25) is 0 Å². The minimum Gasteiger partial charge on any atom is -0.464 e. The fraction of sp³-hybridized carbons (Fsp3) is 0.462. The first-order valence-electron chi connectivity index (χ1n) is 6.10. The molecule has 21 heavy (non-hydrogen) atoms. The third-order valence-electron chi connectivity index (χ3n) is 2.18. The number of esters is 1. The Kier molecular flexibility index (Phi) is 9.12. The van der Waals surface area contributed by atoms with Crippen LogP contribution in [0.1, 0.15) is 13.8 Å². The maximum Gasteiger partial charge on any atom is 0.322 e. The molecule has 0 saturated heterocycles. The fourth-order valence-corrected chi connectivity index (χ4v) is 4.98. The SMILES string of the molecule is CSC(=S)SC(C)(C)C(=O)OCCSSc1ccccn1. The second kappa shape index (κ2) is 9.99. The number of aromatic nitrogens is 1. The molecule has 0 bridgehead atoms. The molecule has 0 aromatic carbocycles. The highest BCUT2D eigenvalue weighted by atomic mass is 33.1. The van der Waals surface area contributed by atoms with Crippen LogP contribution in [0, 0.1) is 0 Å². The molecule has 116 valence electrons. The first-order chi connectivity index (χ1) is 9.95. The van der Waals surface area contributed by atoms with E-state index < -0.39 is 4.75 Å². The van der Waals surface area contributed by atoms with Gasteiger partial charge in [0.05, 0.1) is 0 Å². The molecule has 0 fully saturated rings. The Morgan fingerprint density at radius 3 is 2.81 bits per heavy atom. The average molecular weight is 380 g/mol. The van der Waals surface area contributed by atoms with Crippen molar-refractivity contribution in [1.29, 1.82) is 0 Å². The Hall–Kier alpha value is 0.110. The topological polar surface area (TPSA) is 39.2 Å². The van der Waals surface area contributed by atoms with E-state index in [1.807, 2.05) is 38.3 Å². The van der Waals surface area contributed by atoms with Gasteiger partial charge in [-0.1, -0.05) is 40.8 Å². The Morgan fingerprint density at radius 1 is 1.43 bits per heavy atom. The molecule has 0 saturated carbocycles.